The normalized spacial score (nSPS) is 10.6. The van der Waals surface area contributed by atoms with Crippen LogP contribution in [0.1, 0.15) is 13.8 Å². The minimum absolute atomic E-state index is 0.237. The van der Waals surface area contributed by atoms with E-state index in [0.29, 0.717) is 29.4 Å². The third kappa shape index (κ3) is 3.26. The van der Waals surface area contributed by atoms with Crippen LogP contribution in [0.25, 0.3) is 0 Å². The SMILES string of the molecule is CCNc1nc(OCC)nc(Sc2n[nH]c(=O)n2C)n1. The van der Waals surface area contributed by atoms with Crippen LogP contribution < -0.4 is 15.7 Å². The predicted octanol–water partition coefficient (Wildman–Crippen LogP) is 0.275. The molecule has 20 heavy (non-hydrogen) atoms. The number of anilines is 1. The first-order valence-electron chi connectivity index (χ1n) is 6.06. The smallest absolute Gasteiger partial charge is 0.343 e. The van der Waals surface area contributed by atoms with Crippen LogP contribution in [0.15, 0.2) is 15.1 Å². The number of nitrogens with zero attached hydrogens (tertiary/aromatic N) is 5. The van der Waals surface area contributed by atoms with Crippen LogP contribution in [0.2, 0.25) is 0 Å². The second-order valence-electron chi connectivity index (χ2n) is 3.66. The van der Waals surface area contributed by atoms with E-state index in [1.165, 1.54) is 4.57 Å². The lowest BCUT2D eigenvalue weighted by atomic mass is 10.7. The largest absolute Gasteiger partial charge is 0.464 e. The number of hydrogen-bond acceptors (Lipinski definition) is 8. The molecule has 0 amide bonds. The Hall–Kier alpha value is -2.10. The molecule has 2 rings (SSSR count). The van der Waals surface area contributed by atoms with Gasteiger partial charge in [-0.05, 0) is 25.6 Å². The van der Waals surface area contributed by atoms with E-state index in [9.17, 15) is 4.79 Å². The maximum absolute atomic E-state index is 11.3. The van der Waals surface area contributed by atoms with E-state index in [4.69, 9.17) is 4.74 Å². The van der Waals surface area contributed by atoms with Crippen LogP contribution in [0.4, 0.5) is 5.95 Å². The molecule has 0 atom stereocenters. The predicted molar refractivity (Wildman–Crippen MR) is 73.1 cm³/mol. The molecule has 10 heteroatoms. The first-order valence-corrected chi connectivity index (χ1v) is 6.87. The Morgan fingerprint density at radius 1 is 1.35 bits per heavy atom. The van der Waals surface area contributed by atoms with Crippen molar-refractivity contribution in [2.75, 3.05) is 18.5 Å². The Kier molecular flexibility index (Phi) is 4.56. The molecule has 0 unspecified atom stereocenters. The average Bonchev–Trinajstić information content (AvgIpc) is 2.71. The molecule has 0 aliphatic carbocycles. The molecule has 9 nitrogen and oxygen atoms in total. The van der Waals surface area contributed by atoms with Gasteiger partial charge in [0.05, 0.1) is 6.61 Å². The fraction of sp³-hybridized carbons (Fsp3) is 0.500. The fourth-order valence-corrected chi connectivity index (χ4v) is 2.05. The van der Waals surface area contributed by atoms with E-state index >= 15 is 0 Å². The highest BCUT2D eigenvalue weighted by molar-refractivity contribution is 7.99. The van der Waals surface area contributed by atoms with Crippen molar-refractivity contribution in [2.24, 2.45) is 7.05 Å². The van der Waals surface area contributed by atoms with Crippen molar-refractivity contribution in [1.29, 1.82) is 0 Å². The third-order valence-corrected chi connectivity index (χ3v) is 3.14. The quantitative estimate of drug-likeness (QED) is 0.782. The van der Waals surface area contributed by atoms with Crippen molar-refractivity contribution in [3.05, 3.63) is 10.5 Å². The molecule has 0 bridgehead atoms. The third-order valence-electron chi connectivity index (χ3n) is 2.22. The number of nitrogens with one attached hydrogen (secondary N) is 2. The summed E-state index contributed by atoms with van der Waals surface area (Å²) in [4.78, 5) is 23.8. The van der Waals surface area contributed by atoms with E-state index in [-0.39, 0.29) is 11.7 Å². The van der Waals surface area contributed by atoms with Gasteiger partial charge in [0.15, 0.2) is 5.16 Å². The highest BCUT2D eigenvalue weighted by Gasteiger charge is 2.12. The van der Waals surface area contributed by atoms with Crippen molar-refractivity contribution in [3.8, 4) is 6.01 Å². The molecule has 0 saturated carbocycles. The maximum atomic E-state index is 11.3. The highest BCUT2D eigenvalue weighted by Crippen LogP contribution is 2.23. The molecule has 0 spiro atoms. The van der Waals surface area contributed by atoms with Gasteiger partial charge < -0.3 is 10.1 Å². The van der Waals surface area contributed by atoms with Crippen molar-refractivity contribution >= 4 is 17.7 Å². The summed E-state index contributed by atoms with van der Waals surface area (Å²) in [5, 5.41) is 10.1. The summed E-state index contributed by atoms with van der Waals surface area (Å²) in [6.45, 7) is 4.93. The average molecular weight is 297 g/mol. The second kappa shape index (κ2) is 6.37. The standard InChI is InChI=1S/C10H15N7O2S/c1-4-11-6-12-7(19-5-2)14-8(13-6)20-10-16-15-9(18)17(10)3/h4-5H2,1-3H3,(H,15,18)(H,11,12,13,14). The first-order chi connectivity index (χ1) is 9.63. The lowest BCUT2D eigenvalue weighted by molar-refractivity contribution is 0.308. The number of aromatic amines is 1. The monoisotopic (exact) mass is 297 g/mol. The topological polar surface area (TPSA) is 111 Å². The van der Waals surface area contributed by atoms with Crippen LogP contribution in [0, 0.1) is 0 Å². The van der Waals surface area contributed by atoms with Crippen LogP contribution >= 0.6 is 11.8 Å². The van der Waals surface area contributed by atoms with Crippen molar-refractivity contribution in [1.82, 2.24) is 29.7 Å². The summed E-state index contributed by atoms with van der Waals surface area (Å²) in [5.41, 5.74) is -0.293. The Bertz CT molecular complexity index is 615. The summed E-state index contributed by atoms with van der Waals surface area (Å²) >= 11 is 1.15. The molecule has 0 fully saturated rings. The summed E-state index contributed by atoms with van der Waals surface area (Å²) < 4.78 is 6.67. The maximum Gasteiger partial charge on any atom is 0.343 e. The van der Waals surface area contributed by atoms with Gasteiger partial charge in [0.25, 0.3) is 0 Å². The number of rotatable bonds is 6. The molecule has 0 radical (unpaired) electrons. The summed E-state index contributed by atoms with van der Waals surface area (Å²) in [7, 11) is 1.62. The van der Waals surface area contributed by atoms with Gasteiger partial charge in [-0.2, -0.15) is 15.0 Å². The van der Waals surface area contributed by atoms with E-state index in [2.05, 4.69) is 30.5 Å². The van der Waals surface area contributed by atoms with E-state index in [1.54, 1.807) is 7.05 Å². The molecule has 0 saturated heterocycles. The number of ether oxygens (including phenoxy) is 1. The van der Waals surface area contributed by atoms with E-state index in [0.717, 1.165) is 11.8 Å². The Labute approximate surface area is 119 Å². The van der Waals surface area contributed by atoms with Crippen LogP contribution in [-0.4, -0.2) is 42.9 Å². The van der Waals surface area contributed by atoms with Crippen LogP contribution in [-0.2, 0) is 7.05 Å². The molecular weight excluding hydrogens is 282 g/mol. The van der Waals surface area contributed by atoms with Crippen molar-refractivity contribution < 1.29 is 4.74 Å². The van der Waals surface area contributed by atoms with Gasteiger partial charge in [-0.3, -0.25) is 4.57 Å². The minimum atomic E-state index is -0.293. The molecule has 0 aromatic carbocycles. The minimum Gasteiger partial charge on any atom is -0.464 e. The molecule has 0 aliphatic rings. The van der Waals surface area contributed by atoms with Crippen molar-refractivity contribution in [2.45, 2.75) is 24.2 Å². The number of aromatic nitrogens is 6. The molecule has 2 N–H and O–H groups in total. The van der Waals surface area contributed by atoms with Crippen LogP contribution in [0.5, 0.6) is 6.01 Å². The Morgan fingerprint density at radius 3 is 2.75 bits per heavy atom. The Morgan fingerprint density at radius 2 is 2.15 bits per heavy atom. The van der Waals surface area contributed by atoms with Crippen LogP contribution in [0.3, 0.4) is 0 Å². The zero-order valence-corrected chi connectivity index (χ0v) is 12.2. The lowest BCUT2D eigenvalue weighted by Gasteiger charge is -2.06. The summed E-state index contributed by atoms with van der Waals surface area (Å²) in [5.74, 6) is 0.425. The van der Waals surface area contributed by atoms with Gasteiger partial charge in [0, 0.05) is 13.6 Å². The van der Waals surface area contributed by atoms with Gasteiger partial charge in [-0.15, -0.1) is 5.10 Å². The molecule has 108 valence electrons. The zero-order chi connectivity index (χ0) is 14.5. The molecule has 0 aliphatic heterocycles. The highest BCUT2D eigenvalue weighted by atomic mass is 32.2. The zero-order valence-electron chi connectivity index (χ0n) is 11.4. The van der Waals surface area contributed by atoms with Gasteiger partial charge in [-0.1, -0.05) is 0 Å². The summed E-state index contributed by atoms with van der Waals surface area (Å²) in [6.07, 6.45) is 0. The van der Waals surface area contributed by atoms with Gasteiger partial charge in [-0.25, -0.2) is 9.89 Å². The van der Waals surface area contributed by atoms with Crippen molar-refractivity contribution in [3.63, 3.8) is 0 Å². The van der Waals surface area contributed by atoms with Gasteiger partial charge in [0.2, 0.25) is 11.1 Å². The first kappa shape index (κ1) is 14.3. The molecular formula is C10H15N7O2S. The number of H-pyrrole nitrogens is 1. The molecule has 2 heterocycles. The summed E-state index contributed by atoms with van der Waals surface area (Å²) in [6, 6.07) is 0.237. The lowest BCUT2D eigenvalue weighted by Crippen LogP contribution is -2.13. The van der Waals surface area contributed by atoms with Gasteiger partial charge >= 0.3 is 11.7 Å². The Balaban J connectivity index is 2.29. The number of hydrogen-bond donors (Lipinski definition) is 2. The van der Waals surface area contributed by atoms with E-state index in [1.807, 2.05) is 13.8 Å². The fourth-order valence-electron chi connectivity index (χ4n) is 1.32. The molecule has 2 aromatic heterocycles. The molecule has 2 aromatic rings. The van der Waals surface area contributed by atoms with E-state index < -0.39 is 0 Å². The van der Waals surface area contributed by atoms with Gasteiger partial charge in [0.1, 0.15) is 0 Å². The second-order valence-corrected chi connectivity index (χ2v) is 4.59.